The molecule has 5 heteroatoms. The summed E-state index contributed by atoms with van der Waals surface area (Å²) >= 11 is 0. The van der Waals surface area contributed by atoms with E-state index in [1.807, 2.05) is 20.8 Å². The lowest BCUT2D eigenvalue weighted by Crippen LogP contribution is -2.50. The topological polar surface area (TPSA) is 49.4 Å². The Morgan fingerprint density at radius 3 is 2.23 bits per heavy atom. The minimum Gasteiger partial charge on any atom is -0.352 e. The van der Waals surface area contributed by atoms with Gasteiger partial charge in [-0.05, 0) is 38.0 Å². The second kappa shape index (κ2) is 8.51. The molecule has 0 bridgehead atoms. The number of carbonyl (C=O) groups excluding carboxylic acids is 2. The smallest absolute Gasteiger partial charge is 0.243 e. The van der Waals surface area contributed by atoms with Crippen LogP contribution in [-0.2, 0) is 16.1 Å². The largest absolute Gasteiger partial charge is 0.352 e. The Morgan fingerprint density at radius 1 is 1.18 bits per heavy atom. The molecule has 1 N–H and O–H groups in total. The van der Waals surface area contributed by atoms with Gasteiger partial charge in [0.15, 0.2) is 0 Å². The standard InChI is InChI=1S/C17H25FN2O2/c1-5-15(17(22)19-12(3)4)20(16(21)6-2)11-13-7-9-14(18)10-8-13/h7-10,12,15H,5-6,11H2,1-4H3,(H,19,22)/t15-/m1/s1. The lowest BCUT2D eigenvalue weighted by molar-refractivity contribution is -0.141. The van der Waals surface area contributed by atoms with E-state index in [0.717, 1.165) is 5.56 Å². The van der Waals surface area contributed by atoms with Gasteiger partial charge in [-0.1, -0.05) is 26.0 Å². The summed E-state index contributed by atoms with van der Waals surface area (Å²) in [4.78, 5) is 26.1. The van der Waals surface area contributed by atoms with Gasteiger partial charge in [-0.25, -0.2) is 4.39 Å². The summed E-state index contributed by atoms with van der Waals surface area (Å²) in [6, 6.07) is 5.50. The monoisotopic (exact) mass is 308 g/mol. The molecule has 0 saturated carbocycles. The van der Waals surface area contributed by atoms with Crippen molar-refractivity contribution in [1.29, 1.82) is 0 Å². The van der Waals surface area contributed by atoms with Crippen LogP contribution in [0.15, 0.2) is 24.3 Å². The van der Waals surface area contributed by atoms with E-state index in [2.05, 4.69) is 5.32 Å². The van der Waals surface area contributed by atoms with Crippen LogP contribution in [0.25, 0.3) is 0 Å². The quantitative estimate of drug-likeness (QED) is 0.842. The number of rotatable bonds is 7. The number of carbonyl (C=O) groups is 2. The van der Waals surface area contributed by atoms with Crippen molar-refractivity contribution in [3.63, 3.8) is 0 Å². The maximum Gasteiger partial charge on any atom is 0.243 e. The second-order valence-electron chi connectivity index (χ2n) is 5.59. The zero-order valence-corrected chi connectivity index (χ0v) is 13.7. The van der Waals surface area contributed by atoms with Crippen molar-refractivity contribution in [1.82, 2.24) is 10.2 Å². The third-order valence-electron chi connectivity index (χ3n) is 3.39. The molecule has 0 saturated heterocycles. The molecule has 1 aromatic rings. The van der Waals surface area contributed by atoms with Crippen molar-refractivity contribution in [2.75, 3.05) is 0 Å². The van der Waals surface area contributed by atoms with Crippen LogP contribution in [0.1, 0.15) is 46.1 Å². The first-order valence-corrected chi connectivity index (χ1v) is 7.73. The van der Waals surface area contributed by atoms with E-state index in [1.165, 1.54) is 12.1 Å². The highest BCUT2D eigenvalue weighted by molar-refractivity contribution is 5.87. The summed E-state index contributed by atoms with van der Waals surface area (Å²) < 4.78 is 13.0. The second-order valence-corrected chi connectivity index (χ2v) is 5.59. The maximum atomic E-state index is 13.0. The van der Waals surface area contributed by atoms with Gasteiger partial charge in [0.1, 0.15) is 11.9 Å². The summed E-state index contributed by atoms with van der Waals surface area (Å²) in [5.74, 6) is -0.557. The van der Waals surface area contributed by atoms with Crippen LogP contribution in [0.2, 0.25) is 0 Å². The molecule has 1 rings (SSSR count). The van der Waals surface area contributed by atoms with E-state index in [1.54, 1.807) is 24.0 Å². The Bertz CT molecular complexity index is 500. The molecule has 22 heavy (non-hydrogen) atoms. The summed E-state index contributed by atoms with van der Waals surface area (Å²) in [6.45, 7) is 7.72. The van der Waals surface area contributed by atoms with E-state index < -0.39 is 6.04 Å². The highest BCUT2D eigenvalue weighted by Crippen LogP contribution is 2.14. The van der Waals surface area contributed by atoms with Gasteiger partial charge in [-0.2, -0.15) is 0 Å². The molecule has 0 aliphatic carbocycles. The predicted molar refractivity (Wildman–Crippen MR) is 84.6 cm³/mol. The molecular weight excluding hydrogens is 283 g/mol. The Morgan fingerprint density at radius 2 is 1.77 bits per heavy atom. The van der Waals surface area contributed by atoms with Crippen LogP contribution in [-0.4, -0.2) is 28.8 Å². The molecule has 0 fully saturated rings. The van der Waals surface area contributed by atoms with Crippen molar-refractivity contribution < 1.29 is 14.0 Å². The Labute approximate surface area is 131 Å². The number of halogens is 1. The first kappa shape index (κ1) is 18.1. The Balaban J connectivity index is 2.97. The van der Waals surface area contributed by atoms with E-state index in [4.69, 9.17) is 0 Å². The van der Waals surface area contributed by atoms with Crippen LogP contribution in [0.3, 0.4) is 0 Å². The lowest BCUT2D eigenvalue weighted by Gasteiger charge is -2.31. The van der Waals surface area contributed by atoms with E-state index in [9.17, 15) is 14.0 Å². The fraction of sp³-hybridized carbons (Fsp3) is 0.529. The lowest BCUT2D eigenvalue weighted by atomic mass is 10.1. The van der Waals surface area contributed by atoms with Gasteiger partial charge in [0.2, 0.25) is 11.8 Å². The number of amides is 2. The van der Waals surface area contributed by atoms with E-state index in [0.29, 0.717) is 19.4 Å². The molecule has 2 amide bonds. The SMILES string of the molecule is CCC(=O)N(Cc1ccc(F)cc1)[C@H](CC)C(=O)NC(C)C. The number of nitrogens with zero attached hydrogens (tertiary/aromatic N) is 1. The maximum absolute atomic E-state index is 13.0. The third kappa shape index (κ3) is 5.13. The highest BCUT2D eigenvalue weighted by atomic mass is 19.1. The van der Waals surface area contributed by atoms with Crippen LogP contribution in [0.5, 0.6) is 0 Å². The van der Waals surface area contributed by atoms with Crippen LogP contribution in [0.4, 0.5) is 4.39 Å². The molecule has 0 radical (unpaired) electrons. The summed E-state index contributed by atoms with van der Waals surface area (Å²) in [7, 11) is 0. The predicted octanol–water partition coefficient (Wildman–Crippen LogP) is 2.87. The van der Waals surface area contributed by atoms with Gasteiger partial charge < -0.3 is 10.2 Å². The van der Waals surface area contributed by atoms with Crippen molar-refractivity contribution in [2.24, 2.45) is 0 Å². The third-order valence-corrected chi connectivity index (χ3v) is 3.39. The molecule has 0 heterocycles. The molecule has 1 atom stereocenters. The number of hydrogen-bond acceptors (Lipinski definition) is 2. The van der Waals surface area contributed by atoms with Crippen molar-refractivity contribution in [3.8, 4) is 0 Å². The summed E-state index contributed by atoms with van der Waals surface area (Å²) in [6.07, 6.45) is 0.859. The number of benzene rings is 1. The van der Waals surface area contributed by atoms with Gasteiger partial charge in [0.25, 0.3) is 0 Å². The Hall–Kier alpha value is -1.91. The minimum absolute atomic E-state index is 0.0194. The molecule has 0 aliphatic heterocycles. The van der Waals surface area contributed by atoms with Crippen LogP contribution >= 0.6 is 0 Å². The molecule has 0 unspecified atom stereocenters. The average Bonchev–Trinajstić information content (AvgIpc) is 2.47. The van der Waals surface area contributed by atoms with E-state index in [-0.39, 0.29) is 23.7 Å². The molecule has 1 aromatic carbocycles. The summed E-state index contributed by atoms with van der Waals surface area (Å²) in [5.41, 5.74) is 0.805. The fourth-order valence-electron chi connectivity index (χ4n) is 2.29. The molecule has 122 valence electrons. The zero-order valence-electron chi connectivity index (χ0n) is 13.7. The van der Waals surface area contributed by atoms with Crippen molar-refractivity contribution >= 4 is 11.8 Å². The van der Waals surface area contributed by atoms with Crippen LogP contribution < -0.4 is 5.32 Å². The van der Waals surface area contributed by atoms with Gasteiger partial charge in [-0.3, -0.25) is 9.59 Å². The van der Waals surface area contributed by atoms with Gasteiger partial charge in [0.05, 0.1) is 0 Å². The van der Waals surface area contributed by atoms with Crippen LogP contribution in [0, 0.1) is 5.82 Å². The van der Waals surface area contributed by atoms with Crippen molar-refractivity contribution in [3.05, 3.63) is 35.6 Å². The fourth-order valence-corrected chi connectivity index (χ4v) is 2.29. The minimum atomic E-state index is -0.514. The Kier molecular flexibility index (Phi) is 7.02. The highest BCUT2D eigenvalue weighted by Gasteiger charge is 2.27. The summed E-state index contributed by atoms with van der Waals surface area (Å²) in [5, 5.41) is 2.86. The molecule has 0 aromatic heterocycles. The van der Waals surface area contributed by atoms with Gasteiger partial charge >= 0.3 is 0 Å². The molecule has 0 aliphatic rings. The van der Waals surface area contributed by atoms with Crippen molar-refractivity contribution in [2.45, 2.75) is 59.2 Å². The molecule has 0 spiro atoms. The first-order valence-electron chi connectivity index (χ1n) is 7.73. The van der Waals surface area contributed by atoms with Gasteiger partial charge in [0, 0.05) is 19.0 Å². The molecular formula is C17H25FN2O2. The number of hydrogen-bond donors (Lipinski definition) is 1. The normalized spacial score (nSPS) is 12.1. The van der Waals surface area contributed by atoms with Gasteiger partial charge in [-0.15, -0.1) is 0 Å². The average molecular weight is 308 g/mol. The number of nitrogens with one attached hydrogen (secondary N) is 1. The first-order chi connectivity index (χ1) is 10.4. The molecule has 4 nitrogen and oxygen atoms in total. The zero-order chi connectivity index (χ0) is 16.7. The van der Waals surface area contributed by atoms with E-state index >= 15 is 0 Å².